The van der Waals surface area contributed by atoms with Crippen LogP contribution < -0.4 is 14.8 Å². The highest BCUT2D eigenvalue weighted by Crippen LogP contribution is 2.36. The molecule has 0 aliphatic heterocycles. The van der Waals surface area contributed by atoms with E-state index in [1.165, 1.54) is 39.0 Å². The first-order chi connectivity index (χ1) is 18.2. The van der Waals surface area contributed by atoms with Crippen molar-refractivity contribution in [1.82, 2.24) is 39.8 Å². The third-order valence-electron chi connectivity index (χ3n) is 5.68. The number of nitrogens with zero attached hydrogens (tertiary/aromatic N) is 7. The van der Waals surface area contributed by atoms with E-state index in [-0.39, 0.29) is 29.6 Å². The highest BCUT2D eigenvalue weighted by molar-refractivity contribution is 7.91. The van der Waals surface area contributed by atoms with Crippen molar-refractivity contribution in [2.45, 2.75) is 24.3 Å². The Kier molecular flexibility index (Phi) is 7.66. The first-order valence-corrected chi connectivity index (χ1v) is 13.0. The zero-order valence-corrected chi connectivity index (χ0v) is 21.8. The number of hydrogen-bond donors (Lipinski definition) is 1. The molecule has 200 valence electrons. The number of aromatic nitrogens is 7. The predicted octanol–water partition coefficient (Wildman–Crippen LogP) is 1.81. The van der Waals surface area contributed by atoms with Gasteiger partial charge in [0.1, 0.15) is 34.5 Å². The molecule has 0 bridgehead atoms. The number of carbonyl (C=O) groups is 1. The van der Waals surface area contributed by atoms with Crippen LogP contribution in [0.1, 0.15) is 18.6 Å². The van der Waals surface area contributed by atoms with E-state index < -0.39 is 32.7 Å². The summed E-state index contributed by atoms with van der Waals surface area (Å²) in [5.41, 5.74) is 0.609. The molecule has 1 N–H and O–H groups in total. The van der Waals surface area contributed by atoms with Crippen LogP contribution >= 0.6 is 0 Å². The molecule has 13 nitrogen and oxygen atoms in total. The Balaban J connectivity index is 1.81. The maximum atomic E-state index is 13.4. The number of benzene rings is 1. The van der Waals surface area contributed by atoms with Crippen LogP contribution in [0.5, 0.6) is 11.5 Å². The van der Waals surface area contributed by atoms with Gasteiger partial charge in [0.15, 0.2) is 27.3 Å². The van der Waals surface area contributed by atoms with Gasteiger partial charge in [-0.1, -0.05) is 6.07 Å². The number of methoxy groups -OCH3 is 2. The average Bonchev–Trinajstić information content (AvgIpc) is 3.56. The molecule has 3 aromatic heterocycles. The van der Waals surface area contributed by atoms with E-state index in [9.17, 15) is 17.6 Å². The van der Waals surface area contributed by atoms with Gasteiger partial charge < -0.3 is 14.8 Å². The lowest BCUT2D eigenvalue weighted by Gasteiger charge is -2.18. The van der Waals surface area contributed by atoms with E-state index in [1.54, 1.807) is 24.3 Å². The van der Waals surface area contributed by atoms with Gasteiger partial charge in [0.05, 0.1) is 31.9 Å². The average molecular weight is 545 g/mol. The Hall–Kier alpha value is -4.40. The Morgan fingerprint density at radius 2 is 1.76 bits per heavy atom. The molecule has 38 heavy (non-hydrogen) atoms. The van der Waals surface area contributed by atoms with Crippen LogP contribution in [0.15, 0.2) is 42.9 Å². The van der Waals surface area contributed by atoms with E-state index in [0.717, 1.165) is 17.1 Å². The maximum absolute atomic E-state index is 13.4. The van der Waals surface area contributed by atoms with Gasteiger partial charge in [-0.25, -0.2) is 27.6 Å². The highest BCUT2D eigenvalue weighted by atomic mass is 32.2. The summed E-state index contributed by atoms with van der Waals surface area (Å²) < 4.78 is 53.6. The number of amides is 1. The second kappa shape index (κ2) is 10.9. The second-order valence-electron chi connectivity index (χ2n) is 8.13. The summed E-state index contributed by atoms with van der Waals surface area (Å²) in [5, 5.41) is 14.2. The summed E-state index contributed by atoms with van der Waals surface area (Å²) >= 11 is 0. The molecular weight excluding hydrogens is 519 g/mol. The lowest BCUT2D eigenvalue weighted by molar-refractivity contribution is 0.241. The predicted molar refractivity (Wildman–Crippen MR) is 133 cm³/mol. The van der Waals surface area contributed by atoms with Gasteiger partial charge in [-0.3, -0.25) is 4.57 Å². The third-order valence-corrected chi connectivity index (χ3v) is 7.74. The number of sulfone groups is 1. The zero-order chi connectivity index (χ0) is 27.4. The molecule has 0 aliphatic carbocycles. The quantitative estimate of drug-likeness (QED) is 0.330. The van der Waals surface area contributed by atoms with Crippen molar-refractivity contribution in [3.05, 3.63) is 60.3 Å². The first kappa shape index (κ1) is 26.7. The largest absolute Gasteiger partial charge is 0.494 e. The van der Waals surface area contributed by atoms with Crippen molar-refractivity contribution >= 4 is 15.9 Å². The number of ether oxygens (including phenoxy) is 2. The van der Waals surface area contributed by atoms with E-state index >= 15 is 0 Å². The Bertz CT molecular complexity index is 1530. The minimum absolute atomic E-state index is 0.0296. The molecule has 0 spiro atoms. The summed E-state index contributed by atoms with van der Waals surface area (Å²) in [7, 11) is 0.549. The van der Waals surface area contributed by atoms with Crippen LogP contribution in [0, 0.1) is 5.82 Å². The normalized spacial score (nSPS) is 12.2. The fraction of sp³-hybridized carbons (Fsp3) is 0.304. The van der Waals surface area contributed by atoms with Gasteiger partial charge in [0.25, 0.3) is 0 Å². The molecule has 4 aromatic rings. The maximum Gasteiger partial charge on any atom is 0.341 e. The van der Waals surface area contributed by atoms with Crippen molar-refractivity contribution in [2.24, 2.45) is 0 Å². The van der Waals surface area contributed by atoms with Crippen LogP contribution in [-0.4, -0.2) is 75.5 Å². The SMILES string of the molecule is CNC(=O)n1ccc(-c2nnc(CS(=O)(=O)[C@H](C)Cc3ncc(F)cn3)n2-c2c(OC)cccc2OC)n1. The molecule has 15 heteroatoms. The van der Waals surface area contributed by atoms with Gasteiger partial charge in [-0.15, -0.1) is 10.2 Å². The number of nitrogens with one attached hydrogen (secondary N) is 1. The van der Waals surface area contributed by atoms with Crippen molar-refractivity contribution in [3.63, 3.8) is 0 Å². The molecule has 0 unspecified atom stereocenters. The Morgan fingerprint density at radius 1 is 1.11 bits per heavy atom. The minimum atomic E-state index is -3.84. The summed E-state index contributed by atoms with van der Waals surface area (Å²) in [6.07, 6.45) is 3.37. The van der Waals surface area contributed by atoms with Crippen molar-refractivity contribution < 1.29 is 27.1 Å². The summed E-state index contributed by atoms with van der Waals surface area (Å²) in [6, 6.07) is 6.14. The van der Waals surface area contributed by atoms with Gasteiger partial charge >= 0.3 is 6.03 Å². The fourth-order valence-corrected chi connectivity index (χ4v) is 4.92. The molecule has 1 aromatic carbocycles. The van der Waals surface area contributed by atoms with Crippen molar-refractivity contribution in [1.29, 1.82) is 0 Å². The van der Waals surface area contributed by atoms with Crippen molar-refractivity contribution in [2.75, 3.05) is 21.3 Å². The summed E-state index contributed by atoms with van der Waals surface area (Å²) in [6.45, 7) is 1.51. The van der Waals surface area contributed by atoms with Gasteiger partial charge in [0, 0.05) is 19.7 Å². The fourth-order valence-electron chi connectivity index (χ4n) is 3.68. The van der Waals surface area contributed by atoms with E-state index in [1.807, 2.05) is 0 Å². The second-order valence-corrected chi connectivity index (χ2v) is 10.5. The smallest absolute Gasteiger partial charge is 0.341 e. The number of rotatable bonds is 9. The molecule has 1 amide bonds. The number of halogens is 1. The first-order valence-electron chi connectivity index (χ1n) is 11.3. The molecule has 1 atom stereocenters. The molecule has 0 saturated carbocycles. The lowest BCUT2D eigenvalue weighted by Crippen LogP contribution is -2.25. The van der Waals surface area contributed by atoms with Crippen LogP contribution in [0.2, 0.25) is 0 Å². The highest BCUT2D eigenvalue weighted by Gasteiger charge is 2.30. The number of carbonyl (C=O) groups excluding carboxylic acids is 1. The molecular formula is C23H25FN8O5S. The van der Waals surface area contributed by atoms with E-state index in [4.69, 9.17) is 9.47 Å². The monoisotopic (exact) mass is 544 g/mol. The Morgan fingerprint density at radius 3 is 2.37 bits per heavy atom. The van der Waals surface area contributed by atoms with Gasteiger partial charge in [-0.05, 0) is 25.1 Å². The van der Waals surface area contributed by atoms with Crippen LogP contribution in [0.4, 0.5) is 9.18 Å². The number of hydrogen-bond acceptors (Lipinski definition) is 10. The summed E-state index contributed by atoms with van der Waals surface area (Å²) in [5.74, 6) is 0.00871. The van der Waals surface area contributed by atoms with Crippen LogP contribution in [0.3, 0.4) is 0 Å². The third kappa shape index (κ3) is 5.32. The van der Waals surface area contributed by atoms with Crippen LogP contribution in [0.25, 0.3) is 17.2 Å². The molecule has 0 fully saturated rings. The van der Waals surface area contributed by atoms with Gasteiger partial charge in [-0.2, -0.15) is 9.78 Å². The Labute approximate surface area is 217 Å². The van der Waals surface area contributed by atoms with E-state index in [0.29, 0.717) is 17.2 Å². The molecule has 0 radical (unpaired) electrons. The van der Waals surface area contributed by atoms with Crippen molar-refractivity contribution in [3.8, 4) is 28.7 Å². The van der Waals surface area contributed by atoms with Crippen LogP contribution in [-0.2, 0) is 22.0 Å². The number of para-hydroxylation sites is 1. The molecule has 0 saturated heterocycles. The summed E-state index contributed by atoms with van der Waals surface area (Å²) in [4.78, 5) is 19.8. The zero-order valence-electron chi connectivity index (χ0n) is 21.0. The van der Waals surface area contributed by atoms with Gasteiger partial charge in [0.2, 0.25) is 0 Å². The van der Waals surface area contributed by atoms with E-state index in [2.05, 4.69) is 30.6 Å². The molecule has 3 heterocycles. The minimum Gasteiger partial charge on any atom is -0.494 e. The molecule has 0 aliphatic rings. The standard InChI is InChI=1S/C23H25FN8O5S/c1-14(10-19-26-11-15(24)12-27-19)38(34,35)13-20-28-29-22(16-8-9-31(30-16)23(33)25-2)32(20)21-17(36-3)6-5-7-18(21)37-4/h5-9,11-12,14H,10,13H2,1-4H3,(H,25,33)/t14-/m1/s1. The molecule has 4 rings (SSSR count). The topological polar surface area (TPSA) is 156 Å². The lowest BCUT2D eigenvalue weighted by atomic mass is 10.2.